The maximum absolute atomic E-state index is 14.9. The molecule has 12 unspecified atom stereocenters. The van der Waals surface area contributed by atoms with Gasteiger partial charge in [-0.3, -0.25) is 19.2 Å². The third-order valence-electron chi connectivity index (χ3n) is 12.3. The normalized spacial score (nSPS) is 34.6. The Morgan fingerprint density at radius 2 is 1.68 bits per heavy atom. The number of hydrogen-bond donors (Lipinski definition) is 6. The fraction of sp³-hybridized carbons (Fsp3) is 0.605. The van der Waals surface area contributed by atoms with E-state index in [0.717, 1.165) is 11.1 Å². The minimum absolute atomic E-state index is 0.0287. The molecule has 60 heavy (non-hydrogen) atoms. The molecule has 1 saturated carbocycles. The molecule has 12 atom stereocenters. The van der Waals surface area contributed by atoms with E-state index in [1.807, 2.05) is 48.5 Å². The summed E-state index contributed by atoms with van der Waals surface area (Å²) >= 11 is 0. The molecule has 2 aromatic rings. The van der Waals surface area contributed by atoms with E-state index in [2.05, 4.69) is 5.32 Å². The van der Waals surface area contributed by atoms with Gasteiger partial charge in [-0.15, -0.1) is 0 Å². The second kappa shape index (κ2) is 16.8. The van der Waals surface area contributed by atoms with Gasteiger partial charge in [0.1, 0.15) is 59.8 Å². The Kier molecular flexibility index (Phi) is 12.0. The molecule has 4 saturated heterocycles. The average Bonchev–Trinajstić information content (AvgIpc) is 3.89. The number of carbonyl (C=O) groups excluding carboxylic acids is 3. The smallest absolute Gasteiger partial charge is 0.327 e. The van der Waals surface area contributed by atoms with E-state index < -0.39 is 115 Å². The minimum atomic E-state index is -1.58. The van der Waals surface area contributed by atoms with E-state index >= 15 is 0 Å². The van der Waals surface area contributed by atoms with Crippen LogP contribution >= 0.6 is 0 Å². The van der Waals surface area contributed by atoms with Gasteiger partial charge >= 0.3 is 11.9 Å². The number of ether oxygens (including phenoxy) is 6. The first-order valence-corrected chi connectivity index (χ1v) is 20.5. The summed E-state index contributed by atoms with van der Waals surface area (Å²) in [5.41, 5.74) is 1.33. The van der Waals surface area contributed by atoms with E-state index in [9.17, 15) is 39.9 Å². The zero-order chi connectivity index (χ0) is 42.6. The summed E-state index contributed by atoms with van der Waals surface area (Å²) in [5.74, 6) is -2.74. The molecule has 8 rings (SSSR count). The van der Waals surface area contributed by atoms with Crippen LogP contribution in [0.25, 0.3) is 6.08 Å². The number of nitrogens with one attached hydrogen (secondary N) is 1. The molecule has 1 amide bonds. The van der Waals surface area contributed by atoms with Crippen LogP contribution in [0.4, 0.5) is 0 Å². The Balaban J connectivity index is 1.04. The van der Waals surface area contributed by atoms with Gasteiger partial charge in [0.05, 0.1) is 32.4 Å². The topological polar surface area (TPSA) is 232 Å². The molecule has 6 aliphatic rings. The highest BCUT2D eigenvalue weighted by Crippen LogP contribution is 2.58. The van der Waals surface area contributed by atoms with Crippen molar-refractivity contribution in [2.75, 3.05) is 19.8 Å². The Morgan fingerprint density at radius 3 is 2.38 bits per heavy atom. The summed E-state index contributed by atoms with van der Waals surface area (Å²) in [7, 11) is 0. The number of nitrogens with zero attached hydrogens (tertiary/aromatic N) is 1. The second-order valence-electron chi connectivity index (χ2n) is 17.5. The van der Waals surface area contributed by atoms with Gasteiger partial charge in [-0.2, -0.15) is 5.06 Å². The average molecular weight is 839 g/mol. The third-order valence-corrected chi connectivity index (χ3v) is 12.3. The molecular weight excluding hydrogens is 784 g/mol. The Hall–Kier alpha value is -3.85. The van der Waals surface area contributed by atoms with Crippen molar-refractivity contribution >= 4 is 23.9 Å². The molecule has 2 aliphatic carbocycles. The maximum Gasteiger partial charge on any atom is 0.327 e. The lowest BCUT2D eigenvalue weighted by atomic mass is 9.62. The number of hydroxylamine groups is 2. The zero-order valence-electron chi connectivity index (χ0n) is 33.8. The van der Waals surface area contributed by atoms with Crippen LogP contribution in [0.3, 0.4) is 0 Å². The highest BCUT2D eigenvalue weighted by atomic mass is 16.8. The predicted molar refractivity (Wildman–Crippen MR) is 207 cm³/mol. The first-order valence-electron chi connectivity index (χ1n) is 20.5. The molecule has 6 N–H and O–H groups in total. The number of esters is 2. The van der Waals surface area contributed by atoms with Crippen molar-refractivity contribution in [1.82, 2.24) is 10.4 Å². The molecule has 4 heterocycles. The van der Waals surface area contributed by atoms with Gasteiger partial charge in [0.25, 0.3) is 0 Å². The number of carbonyl (C=O) groups is 3. The van der Waals surface area contributed by atoms with Crippen LogP contribution in [0.1, 0.15) is 62.3 Å². The number of amides is 1. The lowest BCUT2D eigenvalue weighted by Crippen LogP contribution is -2.70. The molecule has 0 radical (unpaired) electrons. The number of aliphatic hydroxyl groups excluding tert-OH is 5. The van der Waals surface area contributed by atoms with E-state index in [1.54, 1.807) is 32.9 Å². The van der Waals surface area contributed by atoms with E-state index in [4.69, 9.17) is 33.3 Å². The number of rotatable bonds is 13. The minimum Gasteiger partial charge on any atom is -0.460 e. The van der Waals surface area contributed by atoms with Gasteiger partial charge < -0.3 is 59.3 Å². The monoisotopic (exact) mass is 838 g/mol. The lowest BCUT2D eigenvalue weighted by Gasteiger charge is -2.49. The van der Waals surface area contributed by atoms with Crippen LogP contribution in [0.5, 0.6) is 0 Å². The molecule has 326 valence electrons. The Morgan fingerprint density at radius 1 is 0.983 bits per heavy atom. The van der Waals surface area contributed by atoms with Gasteiger partial charge in [0.2, 0.25) is 5.91 Å². The summed E-state index contributed by atoms with van der Waals surface area (Å²) in [5, 5.41) is 54.9. The highest BCUT2D eigenvalue weighted by Gasteiger charge is 2.76. The second-order valence-corrected chi connectivity index (χ2v) is 17.5. The van der Waals surface area contributed by atoms with Crippen molar-refractivity contribution in [3.63, 3.8) is 0 Å². The molecule has 2 aromatic carbocycles. The van der Waals surface area contributed by atoms with Crippen LogP contribution in [-0.2, 0) is 67.0 Å². The predicted octanol–water partition coefficient (Wildman–Crippen LogP) is 0.194. The molecule has 17 nitrogen and oxygen atoms in total. The largest absolute Gasteiger partial charge is 0.460 e. The quantitative estimate of drug-likeness (QED) is 0.148. The third kappa shape index (κ3) is 8.01. The summed E-state index contributed by atoms with van der Waals surface area (Å²) in [6, 6.07) is 13.2. The Labute approximate surface area is 347 Å². The van der Waals surface area contributed by atoms with Crippen LogP contribution in [-0.4, -0.2) is 147 Å². The van der Waals surface area contributed by atoms with Gasteiger partial charge in [0.15, 0.2) is 18.1 Å². The van der Waals surface area contributed by atoms with Crippen molar-refractivity contribution < 1.29 is 73.2 Å². The van der Waals surface area contributed by atoms with Crippen LogP contribution in [0, 0.1) is 5.41 Å². The fourth-order valence-corrected chi connectivity index (χ4v) is 9.51. The SMILES string of the molecule is CC(C)(C)OC(=O)CCC(CO)NC(=O)C12CC3OC(=O)C1N(Cc1ccccc1C=CCOC1OC(CO)C(O)C(O)C1O)OC2C1OC2(Cc4ccccc4C2)OC31. The van der Waals surface area contributed by atoms with Gasteiger partial charge in [0, 0.05) is 25.7 Å². The molecular formula is C43H54N2O15. The number of fused-ring (bicyclic) bond motifs is 5. The van der Waals surface area contributed by atoms with E-state index in [-0.39, 0.29) is 32.4 Å². The van der Waals surface area contributed by atoms with Crippen molar-refractivity contribution in [1.29, 1.82) is 0 Å². The van der Waals surface area contributed by atoms with Crippen molar-refractivity contribution in [3.05, 3.63) is 76.9 Å². The summed E-state index contributed by atoms with van der Waals surface area (Å²) in [4.78, 5) is 48.5. The van der Waals surface area contributed by atoms with Crippen molar-refractivity contribution in [2.24, 2.45) is 5.41 Å². The lowest BCUT2D eigenvalue weighted by molar-refractivity contribution is -0.298. The standard InChI is InChI=1S/C43H54N2O15/c1-41(2,3)57-30(48)15-14-27(21-46)44-40(53)43-19-28-34-35(59-42(58-34)17-24-10-5-6-11-25(24)18-42)37(43)60-45(36(43)38(52)55-28)20-26-12-7-4-9-23(26)13-8-16-54-39-33(51)32(50)31(49)29(22-47)56-39/h4-13,27-29,31-37,39,46-47,49-51H,14-22H2,1-3H3,(H,44,53). The van der Waals surface area contributed by atoms with Crippen molar-refractivity contribution in [3.8, 4) is 0 Å². The molecule has 1 spiro atoms. The first-order chi connectivity index (χ1) is 28.6. The summed E-state index contributed by atoms with van der Waals surface area (Å²) in [6.07, 6.45) is -6.01. The van der Waals surface area contributed by atoms with Crippen molar-refractivity contribution in [2.45, 2.75) is 138 Å². The van der Waals surface area contributed by atoms with E-state index in [0.29, 0.717) is 24.0 Å². The number of hydrogen-bond acceptors (Lipinski definition) is 16. The Bertz CT molecular complexity index is 1930. The molecule has 4 aliphatic heterocycles. The summed E-state index contributed by atoms with van der Waals surface area (Å²) in [6.45, 7) is 4.17. The van der Waals surface area contributed by atoms with E-state index in [1.165, 1.54) is 5.06 Å². The fourth-order valence-electron chi connectivity index (χ4n) is 9.51. The van der Waals surface area contributed by atoms with Crippen LogP contribution in [0.15, 0.2) is 54.6 Å². The number of benzene rings is 2. The summed E-state index contributed by atoms with van der Waals surface area (Å²) < 4.78 is 36.2. The molecule has 17 heteroatoms. The first kappa shape index (κ1) is 42.8. The molecule has 0 aromatic heterocycles. The highest BCUT2D eigenvalue weighted by molar-refractivity contribution is 5.94. The van der Waals surface area contributed by atoms with Gasteiger partial charge in [-0.1, -0.05) is 60.7 Å². The van der Waals surface area contributed by atoms with Gasteiger partial charge in [-0.25, -0.2) is 0 Å². The van der Waals surface area contributed by atoms with Crippen LogP contribution in [0.2, 0.25) is 0 Å². The maximum atomic E-state index is 14.9. The van der Waals surface area contributed by atoms with Crippen LogP contribution < -0.4 is 5.32 Å². The zero-order valence-corrected chi connectivity index (χ0v) is 33.8. The molecule has 5 fully saturated rings. The number of aliphatic hydroxyl groups is 5. The molecule has 2 bridgehead atoms. The van der Waals surface area contributed by atoms with Gasteiger partial charge in [-0.05, 0) is 49.4 Å².